The van der Waals surface area contributed by atoms with Crippen LogP contribution in [0, 0.1) is 35.5 Å². The zero-order valence-corrected chi connectivity index (χ0v) is 67.0. The predicted molar refractivity (Wildman–Crippen MR) is 421 cm³/mol. The molecule has 0 bridgehead atoms. The Labute approximate surface area is 652 Å². The molecule has 0 amide bonds. The van der Waals surface area contributed by atoms with Gasteiger partial charge in [0.15, 0.2) is 0 Å². The predicted octanol–water partition coefficient (Wildman–Crippen LogP) is 8.35. The Morgan fingerprint density at radius 3 is 1.11 bits per heavy atom. The first-order valence-corrected chi connectivity index (χ1v) is 38.3. The first-order chi connectivity index (χ1) is 53.5. The van der Waals surface area contributed by atoms with Gasteiger partial charge in [-0.3, -0.25) is 57.5 Å². The van der Waals surface area contributed by atoms with Crippen LogP contribution in [0.5, 0.6) is 0 Å². The van der Waals surface area contributed by atoms with Crippen LogP contribution in [-0.4, -0.2) is 241 Å². The van der Waals surface area contributed by atoms with Gasteiger partial charge in [-0.05, 0) is 88.7 Å². The summed E-state index contributed by atoms with van der Waals surface area (Å²) in [6, 6.07) is 5.19. The van der Waals surface area contributed by atoms with E-state index in [9.17, 15) is 33.9 Å². The molecule has 12 heterocycles. The topological polar surface area (TPSA) is 412 Å². The van der Waals surface area contributed by atoms with Crippen molar-refractivity contribution in [3.8, 4) is 0 Å². The summed E-state index contributed by atoms with van der Waals surface area (Å²) in [4.78, 5) is 101. The first kappa shape index (κ1) is 87.1. The van der Waals surface area contributed by atoms with Crippen LogP contribution in [-0.2, 0) is 87.0 Å². The summed E-state index contributed by atoms with van der Waals surface area (Å²) >= 11 is 0. The number of methoxy groups -OCH3 is 1. The molecule has 0 aliphatic carbocycles. The van der Waals surface area contributed by atoms with E-state index in [2.05, 4.69) is 156 Å². The number of nitrogens with one attached hydrogen (secondary N) is 3. The van der Waals surface area contributed by atoms with E-state index in [4.69, 9.17) is 34.5 Å². The van der Waals surface area contributed by atoms with E-state index in [0.717, 1.165) is 72.0 Å². The van der Waals surface area contributed by atoms with E-state index in [-0.39, 0.29) is 67.9 Å². The van der Waals surface area contributed by atoms with Crippen molar-refractivity contribution >= 4 is 104 Å². The van der Waals surface area contributed by atoms with Crippen LogP contribution in [0.3, 0.4) is 0 Å². The van der Waals surface area contributed by atoms with Crippen LogP contribution in [0.4, 0.5) is 34.9 Å². The van der Waals surface area contributed by atoms with Crippen molar-refractivity contribution in [1.82, 2.24) is 87.6 Å². The third-order valence-electron chi connectivity index (χ3n) is 20.2. The van der Waals surface area contributed by atoms with Crippen molar-refractivity contribution in [2.45, 2.75) is 190 Å². The molecule has 9 aromatic heterocycles. The number of likely N-dealkylation sites (tertiary alicyclic amines) is 3. The van der Waals surface area contributed by atoms with Crippen molar-refractivity contribution in [3.63, 3.8) is 0 Å². The molecule has 35 heteroatoms. The third-order valence-corrected chi connectivity index (χ3v) is 20.2. The monoisotopic (exact) mass is 1560 g/mol. The lowest BCUT2D eigenvalue weighted by molar-refractivity contribution is -0.151. The number of carbonyl (C=O) groups is 6. The summed E-state index contributed by atoms with van der Waals surface area (Å²) in [5.74, 6) is 1.88. The summed E-state index contributed by atoms with van der Waals surface area (Å²) in [7, 11) is 6.81. The van der Waals surface area contributed by atoms with Crippen molar-refractivity contribution < 1.29 is 68.1 Å². The summed E-state index contributed by atoms with van der Waals surface area (Å²) < 4.78 is 30.8. The second-order valence-corrected chi connectivity index (χ2v) is 29.5. The molecule has 3 aliphatic heterocycles. The van der Waals surface area contributed by atoms with Gasteiger partial charge in [-0.2, -0.15) is 30.2 Å². The maximum absolute atomic E-state index is 12.5. The average Bonchev–Trinajstić information content (AvgIpc) is 1.71. The lowest BCUT2D eigenvalue weighted by Gasteiger charge is -2.20. The molecular formula is C77H113N21O14. The number of carboxylic acids is 2. The molecule has 12 rings (SSSR count). The van der Waals surface area contributed by atoms with Gasteiger partial charge in [-0.15, -0.1) is 0 Å². The number of esters is 4. The van der Waals surface area contributed by atoms with E-state index in [1.54, 1.807) is 75.4 Å². The van der Waals surface area contributed by atoms with Crippen LogP contribution < -0.4 is 16.0 Å². The highest BCUT2D eigenvalue weighted by atomic mass is 16.6. The molecule has 3 saturated heterocycles. The lowest BCUT2D eigenvalue weighted by atomic mass is 9.93. The molecule has 0 radical (unpaired) electrons. The molecule has 3 aliphatic rings. The Bertz CT molecular complexity index is 4360. The minimum absolute atomic E-state index is 0.0394. The largest absolute Gasteiger partial charge is 0.480 e. The van der Waals surface area contributed by atoms with Crippen LogP contribution in [0.1, 0.15) is 115 Å². The number of carboxylic acid groups (broad SMARTS) is 2. The van der Waals surface area contributed by atoms with Gasteiger partial charge >= 0.3 is 35.8 Å². The molecular weight excluding hydrogens is 1440 g/mol. The zero-order valence-electron chi connectivity index (χ0n) is 67.0. The number of fused-ring (bicyclic) bond motifs is 3. The molecule has 610 valence electrons. The van der Waals surface area contributed by atoms with E-state index in [1.807, 2.05) is 48.3 Å². The molecule has 9 aromatic rings. The first-order valence-electron chi connectivity index (χ1n) is 38.3. The van der Waals surface area contributed by atoms with E-state index in [1.165, 1.54) is 21.2 Å². The number of hydrogen-bond donors (Lipinski definition) is 7. The zero-order chi connectivity index (χ0) is 81.5. The number of aromatic nitrogens is 15. The number of aliphatic hydroxyl groups is 2. The fraction of sp³-hybridized carbons (Fsp3) is 0.571. The molecule has 0 saturated carbocycles. The Kier molecular flexibility index (Phi) is 32.4. The Morgan fingerprint density at radius 2 is 0.804 bits per heavy atom. The standard InChI is InChI=1S/C26H37N7O4.2C18H24N6O2.C8H15NO3.C7H13NO3/c1-6-18(17(3)4)13-32-9-8-19-11-27-26(30-24(19)32)29-20-12-28-33(14-20)16-23(34)37-21-10-22(31(5)15-21)25(35)36-7-2;2*1-4-13(12(2)3)9-23-6-5-14-7-19-18(22-17(14)23)21-15-8-20-24(10-15)11-16(25)26;1-3-12-8(11)7-4-6(10)5-9(7)2;1-8-4-5(9)3-6(8)7(10)11-2/h8-9,11-12,14,17-18,21-22H,6-7,10,13,15-16H2,1-5H3,(H,27,29,30);2*5-8,10,12-13H,4,9,11H2,1-3H3,(H,25,26)(H,19,21,22);6-7,10H,3-5H2,1-2H3;5-6,9H,3-4H2,1-2H3/t18-,21-,22+;2*13-;6-,7+;5-,6+/m11111/s1. The number of carbonyl (C=O) groups excluding carboxylic acids is 4. The summed E-state index contributed by atoms with van der Waals surface area (Å²) in [5, 5.41) is 60.6. The molecule has 112 heavy (non-hydrogen) atoms. The van der Waals surface area contributed by atoms with Crippen LogP contribution in [0.15, 0.2) is 92.6 Å². The van der Waals surface area contributed by atoms with Gasteiger partial charge in [0.25, 0.3) is 0 Å². The fourth-order valence-electron chi connectivity index (χ4n) is 13.7. The maximum Gasteiger partial charge on any atom is 0.328 e. The van der Waals surface area contributed by atoms with Gasteiger partial charge in [0.05, 0.1) is 68.2 Å². The van der Waals surface area contributed by atoms with Gasteiger partial charge in [0.1, 0.15) is 60.8 Å². The number of anilines is 6. The maximum atomic E-state index is 12.5. The van der Waals surface area contributed by atoms with Crippen molar-refractivity contribution in [3.05, 3.63) is 92.6 Å². The van der Waals surface area contributed by atoms with Crippen molar-refractivity contribution in [2.75, 3.05) is 77.1 Å². The number of aliphatic hydroxyl groups excluding tert-OH is 2. The SMILES string of the molecule is CCOC(=O)[C@@H]1C[C@@H](O)CN1C.CCOC(=O)[C@@H]1C[C@@H](OC(=O)Cn2cc(Nc3ncc4ccn(C[C@@H](CC)C(C)C)c4n3)cn2)CN1C.CC[C@H](Cn1ccc2cnc(Nc3cnn(CC(=O)O)c3)nc21)C(C)C.CC[C@H](Cn1ccc2cnc(Nc3cnn(CC(=O)O)c3)nc21)C(C)C.COC(=O)[C@@H]1C[C@@H](O)CN1C. The minimum Gasteiger partial charge on any atom is -0.480 e. The summed E-state index contributed by atoms with van der Waals surface area (Å²) in [5.41, 5.74) is 4.63. The van der Waals surface area contributed by atoms with Crippen molar-refractivity contribution in [1.29, 1.82) is 0 Å². The van der Waals surface area contributed by atoms with Crippen LogP contribution >= 0.6 is 0 Å². The summed E-state index contributed by atoms with van der Waals surface area (Å²) in [6.07, 6.45) is 24.9. The number of aliphatic carboxylic acids is 2. The molecule has 0 aromatic carbocycles. The van der Waals surface area contributed by atoms with Gasteiger partial charge in [-0.25, -0.2) is 15.0 Å². The molecule has 35 nitrogen and oxygen atoms in total. The highest BCUT2D eigenvalue weighted by Gasteiger charge is 2.38. The molecule has 7 N–H and O–H groups in total. The van der Waals surface area contributed by atoms with E-state index >= 15 is 0 Å². The van der Waals surface area contributed by atoms with Crippen molar-refractivity contribution in [2.24, 2.45) is 35.5 Å². The van der Waals surface area contributed by atoms with Crippen LogP contribution in [0.2, 0.25) is 0 Å². The molecule has 0 spiro atoms. The third kappa shape index (κ3) is 25.0. The summed E-state index contributed by atoms with van der Waals surface area (Å²) in [6.45, 7) is 28.4. The number of rotatable bonds is 30. The quantitative estimate of drug-likeness (QED) is 0.0164. The molecule has 3 fully saturated rings. The smallest absolute Gasteiger partial charge is 0.328 e. The van der Waals surface area contributed by atoms with E-state index in [0.29, 0.717) is 123 Å². The fourth-order valence-corrected chi connectivity index (χ4v) is 13.7. The Balaban J connectivity index is 0.000000187. The highest BCUT2D eigenvalue weighted by Crippen LogP contribution is 2.28. The number of likely N-dealkylation sites (N-methyl/N-ethyl adjacent to an activating group) is 3. The van der Waals surface area contributed by atoms with Gasteiger partial charge in [0, 0.05) is 130 Å². The minimum atomic E-state index is -0.939. The normalized spacial score (nSPS) is 18.5. The second-order valence-electron chi connectivity index (χ2n) is 29.5. The molecule has 0 unspecified atom stereocenters. The van der Waals surface area contributed by atoms with Crippen LogP contribution in [0.25, 0.3) is 33.1 Å². The van der Waals surface area contributed by atoms with E-state index < -0.39 is 23.9 Å². The lowest BCUT2D eigenvalue weighted by Crippen LogP contribution is -2.34. The van der Waals surface area contributed by atoms with Gasteiger partial charge < -0.3 is 69.0 Å². The van der Waals surface area contributed by atoms with Gasteiger partial charge in [-0.1, -0.05) is 81.6 Å². The number of ether oxygens (including phenoxy) is 4. The Morgan fingerprint density at radius 1 is 0.473 bits per heavy atom. The molecule has 9 atom stereocenters. The number of nitrogens with zero attached hydrogens (tertiary/aromatic N) is 18. The average molecular weight is 1560 g/mol. The second kappa shape index (κ2) is 41.7. The highest BCUT2D eigenvalue weighted by molar-refractivity contribution is 5.80. The number of hydrogen-bond acceptors (Lipinski definition) is 27. The number of β-amino-alcohol motifs (C(OH)–C–C–N with tert-alkyl or cyclic N) is 2. The van der Waals surface area contributed by atoms with Gasteiger partial charge in [0.2, 0.25) is 17.8 Å². The Hall–Kier alpha value is -10.5.